The molecular weight excluding hydrogens is 236 g/mol. The van der Waals surface area contributed by atoms with Crippen molar-refractivity contribution in [2.24, 2.45) is 0 Å². The SMILES string of the molecule is CCNc1cc(N2CCCC2CC)nc(C2CC2)n1. The molecule has 2 heterocycles. The van der Waals surface area contributed by atoms with Gasteiger partial charge in [-0.1, -0.05) is 6.92 Å². The van der Waals surface area contributed by atoms with E-state index in [1.807, 2.05) is 0 Å². The van der Waals surface area contributed by atoms with E-state index in [9.17, 15) is 0 Å². The number of anilines is 2. The van der Waals surface area contributed by atoms with Crippen molar-refractivity contribution < 1.29 is 0 Å². The van der Waals surface area contributed by atoms with Crippen LogP contribution in [0, 0.1) is 0 Å². The maximum absolute atomic E-state index is 4.83. The summed E-state index contributed by atoms with van der Waals surface area (Å²) in [4.78, 5) is 12.0. The van der Waals surface area contributed by atoms with E-state index in [1.165, 1.54) is 32.1 Å². The fraction of sp³-hybridized carbons (Fsp3) is 0.733. The van der Waals surface area contributed by atoms with Gasteiger partial charge >= 0.3 is 0 Å². The normalized spacial score (nSPS) is 22.8. The first-order valence-corrected chi connectivity index (χ1v) is 7.71. The van der Waals surface area contributed by atoms with Crippen molar-refractivity contribution in [1.29, 1.82) is 0 Å². The van der Waals surface area contributed by atoms with Crippen LogP contribution in [-0.4, -0.2) is 29.1 Å². The molecule has 19 heavy (non-hydrogen) atoms. The predicted octanol–water partition coefficient (Wildman–Crippen LogP) is 3.16. The van der Waals surface area contributed by atoms with E-state index in [1.54, 1.807) is 0 Å². The quantitative estimate of drug-likeness (QED) is 0.883. The van der Waals surface area contributed by atoms with Crippen LogP contribution in [-0.2, 0) is 0 Å². The summed E-state index contributed by atoms with van der Waals surface area (Å²) in [6.45, 7) is 6.45. The fourth-order valence-electron chi connectivity index (χ4n) is 2.96. The second-order valence-corrected chi connectivity index (χ2v) is 5.67. The first kappa shape index (κ1) is 12.7. The third-order valence-electron chi connectivity index (χ3n) is 4.17. The van der Waals surface area contributed by atoms with Gasteiger partial charge in [0.15, 0.2) is 0 Å². The molecule has 1 unspecified atom stereocenters. The first-order valence-electron chi connectivity index (χ1n) is 7.71. The number of nitrogens with zero attached hydrogens (tertiary/aromatic N) is 3. The zero-order chi connectivity index (χ0) is 13.2. The van der Waals surface area contributed by atoms with Gasteiger partial charge in [0.25, 0.3) is 0 Å². The highest BCUT2D eigenvalue weighted by atomic mass is 15.2. The smallest absolute Gasteiger partial charge is 0.136 e. The van der Waals surface area contributed by atoms with Crippen molar-refractivity contribution in [2.75, 3.05) is 23.3 Å². The van der Waals surface area contributed by atoms with E-state index in [-0.39, 0.29) is 0 Å². The van der Waals surface area contributed by atoms with Crippen LogP contribution in [0.25, 0.3) is 0 Å². The second-order valence-electron chi connectivity index (χ2n) is 5.67. The summed E-state index contributed by atoms with van der Waals surface area (Å²) in [5.41, 5.74) is 0. The Morgan fingerprint density at radius 1 is 1.26 bits per heavy atom. The van der Waals surface area contributed by atoms with Crippen molar-refractivity contribution in [3.63, 3.8) is 0 Å². The molecule has 1 aliphatic heterocycles. The van der Waals surface area contributed by atoms with Crippen molar-refractivity contribution in [3.05, 3.63) is 11.9 Å². The van der Waals surface area contributed by atoms with Gasteiger partial charge in [-0.05, 0) is 39.0 Å². The van der Waals surface area contributed by atoms with Gasteiger partial charge in [-0.25, -0.2) is 9.97 Å². The van der Waals surface area contributed by atoms with E-state index in [2.05, 4.69) is 35.1 Å². The van der Waals surface area contributed by atoms with E-state index < -0.39 is 0 Å². The van der Waals surface area contributed by atoms with Gasteiger partial charge in [-0.3, -0.25) is 0 Å². The Morgan fingerprint density at radius 2 is 2.11 bits per heavy atom. The van der Waals surface area contributed by atoms with E-state index in [4.69, 9.17) is 4.98 Å². The minimum atomic E-state index is 0.611. The zero-order valence-electron chi connectivity index (χ0n) is 12.0. The maximum atomic E-state index is 4.83. The highest BCUT2D eigenvalue weighted by Gasteiger charge is 2.30. The Labute approximate surface area is 115 Å². The van der Waals surface area contributed by atoms with Crippen LogP contribution in [0.3, 0.4) is 0 Å². The van der Waals surface area contributed by atoms with Gasteiger partial charge in [0.2, 0.25) is 0 Å². The summed E-state index contributed by atoms with van der Waals surface area (Å²) in [6.07, 6.45) is 6.31. The molecule has 1 saturated carbocycles. The number of hydrogen-bond acceptors (Lipinski definition) is 4. The van der Waals surface area contributed by atoms with Crippen molar-refractivity contribution in [3.8, 4) is 0 Å². The van der Waals surface area contributed by atoms with Crippen LogP contribution >= 0.6 is 0 Å². The summed E-state index contributed by atoms with van der Waals surface area (Å²) >= 11 is 0. The lowest BCUT2D eigenvalue weighted by Crippen LogP contribution is -2.29. The number of nitrogens with one attached hydrogen (secondary N) is 1. The van der Waals surface area contributed by atoms with Crippen LogP contribution in [0.4, 0.5) is 11.6 Å². The minimum absolute atomic E-state index is 0.611. The molecule has 4 heteroatoms. The minimum Gasteiger partial charge on any atom is -0.370 e. The molecule has 0 aromatic carbocycles. The molecule has 2 aliphatic rings. The molecule has 1 N–H and O–H groups in total. The fourth-order valence-corrected chi connectivity index (χ4v) is 2.96. The molecule has 4 nitrogen and oxygen atoms in total. The summed E-state index contributed by atoms with van der Waals surface area (Å²) in [7, 11) is 0. The second kappa shape index (κ2) is 5.35. The largest absolute Gasteiger partial charge is 0.370 e. The number of hydrogen-bond donors (Lipinski definition) is 1. The molecule has 1 aromatic heterocycles. The first-order chi connectivity index (χ1) is 9.31. The lowest BCUT2D eigenvalue weighted by atomic mass is 10.2. The molecule has 0 bridgehead atoms. The van der Waals surface area contributed by atoms with Crippen LogP contribution in [0.15, 0.2) is 6.07 Å². The number of aromatic nitrogens is 2. The highest BCUT2D eigenvalue weighted by Crippen LogP contribution is 2.39. The summed E-state index contributed by atoms with van der Waals surface area (Å²) in [5.74, 6) is 3.79. The molecule has 1 aliphatic carbocycles. The molecular formula is C15H24N4. The van der Waals surface area contributed by atoms with E-state index >= 15 is 0 Å². The standard InChI is InChI=1S/C15H24N4/c1-3-12-6-5-9-19(12)14-10-13(16-4-2)17-15(18-14)11-7-8-11/h10-12H,3-9H2,1-2H3,(H,16,17,18). The lowest BCUT2D eigenvalue weighted by molar-refractivity contribution is 0.638. The van der Waals surface area contributed by atoms with Crippen molar-refractivity contribution in [2.45, 2.75) is 57.9 Å². The summed E-state index contributed by atoms with van der Waals surface area (Å²) < 4.78 is 0. The molecule has 1 aromatic rings. The Balaban J connectivity index is 1.90. The third-order valence-corrected chi connectivity index (χ3v) is 4.17. The third kappa shape index (κ3) is 2.67. The molecule has 104 valence electrons. The Morgan fingerprint density at radius 3 is 2.79 bits per heavy atom. The Hall–Kier alpha value is -1.32. The van der Waals surface area contributed by atoms with Gasteiger partial charge < -0.3 is 10.2 Å². The monoisotopic (exact) mass is 260 g/mol. The molecule has 2 fully saturated rings. The molecule has 0 amide bonds. The van der Waals surface area contributed by atoms with Gasteiger partial charge in [-0.2, -0.15) is 0 Å². The number of rotatable bonds is 5. The average Bonchev–Trinajstić information content (AvgIpc) is 3.16. The Bertz CT molecular complexity index is 442. The van der Waals surface area contributed by atoms with E-state index in [0.717, 1.165) is 30.5 Å². The van der Waals surface area contributed by atoms with Gasteiger partial charge in [0.05, 0.1) is 0 Å². The zero-order valence-corrected chi connectivity index (χ0v) is 12.0. The van der Waals surface area contributed by atoms with Crippen LogP contribution < -0.4 is 10.2 Å². The van der Waals surface area contributed by atoms with Gasteiger partial charge in [0, 0.05) is 31.1 Å². The average molecular weight is 260 g/mol. The maximum Gasteiger partial charge on any atom is 0.136 e. The molecule has 3 rings (SSSR count). The van der Waals surface area contributed by atoms with Gasteiger partial charge in [-0.15, -0.1) is 0 Å². The Kier molecular flexibility index (Phi) is 3.58. The molecule has 0 radical (unpaired) electrons. The molecule has 1 saturated heterocycles. The molecule has 1 atom stereocenters. The van der Waals surface area contributed by atoms with Crippen LogP contribution in [0.5, 0.6) is 0 Å². The molecule has 0 spiro atoms. The topological polar surface area (TPSA) is 41.0 Å². The summed E-state index contributed by atoms with van der Waals surface area (Å²) in [5, 5.41) is 3.35. The van der Waals surface area contributed by atoms with Gasteiger partial charge in [0.1, 0.15) is 17.5 Å². The van der Waals surface area contributed by atoms with Crippen molar-refractivity contribution in [1.82, 2.24) is 9.97 Å². The van der Waals surface area contributed by atoms with Crippen LogP contribution in [0.1, 0.15) is 57.7 Å². The van der Waals surface area contributed by atoms with Crippen LogP contribution in [0.2, 0.25) is 0 Å². The van der Waals surface area contributed by atoms with Crippen molar-refractivity contribution >= 4 is 11.6 Å². The van der Waals surface area contributed by atoms with E-state index in [0.29, 0.717) is 12.0 Å². The predicted molar refractivity (Wildman–Crippen MR) is 78.8 cm³/mol. The lowest BCUT2D eigenvalue weighted by Gasteiger charge is -2.25. The summed E-state index contributed by atoms with van der Waals surface area (Å²) in [6, 6.07) is 2.79. The highest BCUT2D eigenvalue weighted by molar-refractivity contribution is 5.51.